The normalized spacial score (nSPS) is 11.8. The average Bonchev–Trinajstić information content (AvgIpc) is 3.11. The van der Waals surface area contributed by atoms with Crippen molar-refractivity contribution in [2.45, 2.75) is 18.9 Å². The minimum atomic E-state index is -0.272. The monoisotopic (exact) mass is 427 g/mol. The van der Waals surface area contributed by atoms with Crippen molar-refractivity contribution in [2.24, 2.45) is 7.05 Å². The molecule has 5 nitrogen and oxygen atoms in total. The van der Waals surface area contributed by atoms with Crippen molar-refractivity contribution in [3.05, 3.63) is 82.9 Å². The summed E-state index contributed by atoms with van der Waals surface area (Å²) in [5.41, 5.74) is 1.01. The van der Waals surface area contributed by atoms with Crippen LogP contribution in [0, 0.1) is 0 Å². The maximum atomic E-state index is 12.5. The standard InChI is InChI=1S/C21H22BrN3O2/c1-25-14-13-23-21(25)20(16-6-3-2-4-7-16)24-19(26)8-5-15-27-18-11-9-17(22)10-12-18/h2-4,6-7,9-14,20H,5,8,15H2,1H3,(H,24,26). The highest BCUT2D eigenvalue weighted by Crippen LogP contribution is 2.20. The van der Waals surface area contributed by atoms with E-state index in [2.05, 4.69) is 26.2 Å². The maximum Gasteiger partial charge on any atom is 0.220 e. The fraction of sp³-hybridized carbons (Fsp3) is 0.238. The molecule has 2 aromatic carbocycles. The van der Waals surface area contributed by atoms with Gasteiger partial charge in [-0.3, -0.25) is 4.79 Å². The Morgan fingerprint density at radius 3 is 2.59 bits per heavy atom. The molecule has 27 heavy (non-hydrogen) atoms. The first kappa shape index (κ1) is 19.2. The van der Waals surface area contributed by atoms with E-state index in [0.717, 1.165) is 21.6 Å². The molecule has 0 spiro atoms. The molecule has 1 N–H and O–H groups in total. The van der Waals surface area contributed by atoms with Crippen LogP contribution in [-0.2, 0) is 11.8 Å². The van der Waals surface area contributed by atoms with E-state index in [1.807, 2.05) is 72.4 Å². The molecule has 6 heteroatoms. The SMILES string of the molecule is Cn1ccnc1C(NC(=O)CCCOc1ccc(Br)cc1)c1ccccc1. The Kier molecular flexibility index (Phi) is 6.65. The number of ether oxygens (including phenoxy) is 1. The van der Waals surface area contributed by atoms with E-state index in [4.69, 9.17) is 4.74 Å². The molecule has 0 saturated carbocycles. The van der Waals surface area contributed by atoms with Gasteiger partial charge in [0, 0.05) is 30.3 Å². The molecule has 3 rings (SSSR count). The maximum absolute atomic E-state index is 12.5. The van der Waals surface area contributed by atoms with Crippen molar-refractivity contribution in [1.82, 2.24) is 14.9 Å². The molecule has 1 heterocycles. The van der Waals surface area contributed by atoms with Gasteiger partial charge in [0.2, 0.25) is 5.91 Å². The zero-order chi connectivity index (χ0) is 19.1. The highest BCUT2D eigenvalue weighted by Gasteiger charge is 2.20. The summed E-state index contributed by atoms with van der Waals surface area (Å²) in [5.74, 6) is 1.58. The van der Waals surface area contributed by atoms with Gasteiger partial charge < -0.3 is 14.6 Å². The average molecular weight is 428 g/mol. The molecule has 1 atom stereocenters. The van der Waals surface area contributed by atoms with E-state index in [1.165, 1.54) is 0 Å². The number of rotatable bonds is 8. The highest BCUT2D eigenvalue weighted by atomic mass is 79.9. The third-order valence-electron chi connectivity index (χ3n) is 4.19. The van der Waals surface area contributed by atoms with Gasteiger partial charge in [0.25, 0.3) is 0 Å². The number of imidazole rings is 1. The second-order valence-corrected chi connectivity index (χ2v) is 7.13. The number of aromatic nitrogens is 2. The number of amides is 1. The number of aryl methyl sites for hydroxylation is 1. The predicted molar refractivity (Wildman–Crippen MR) is 109 cm³/mol. The molecule has 140 valence electrons. The molecule has 0 aliphatic rings. The number of halogens is 1. The molecule has 0 radical (unpaired) electrons. The number of hydrogen-bond donors (Lipinski definition) is 1. The summed E-state index contributed by atoms with van der Waals surface area (Å²) in [6.45, 7) is 0.494. The third-order valence-corrected chi connectivity index (χ3v) is 4.71. The number of hydrogen-bond acceptors (Lipinski definition) is 3. The first-order valence-electron chi connectivity index (χ1n) is 8.83. The predicted octanol–water partition coefficient (Wildman–Crippen LogP) is 4.25. The smallest absolute Gasteiger partial charge is 0.220 e. The third kappa shape index (κ3) is 5.44. The topological polar surface area (TPSA) is 56.2 Å². The Morgan fingerprint density at radius 2 is 1.93 bits per heavy atom. The van der Waals surface area contributed by atoms with Crippen molar-refractivity contribution < 1.29 is 9.53 Å². The van der Waals surface area contributed by atoms with Crippen LogP contribution < -0.4 is 10.1 Å². The Morgan fingerprint density at radius 1 is 1.19 bits per heavy atom. The lowest BCUT2D eigenvalue weighted by atomic mass is 10.1. The molecule has 0 saturated heterocycles. The molecular formula is C21H22BrN3O2. The molecular weight excluding hydrogens is 406 g/mol. The van der Waals surface area contributed by atoms with E-state index in [-0.39, 0.29) is 11.9 Å². The van der Waals surface area contributed by atoms with Gasteiger partial charge in [-0.1, -0.05) is 46.3 Å². The Bertz CT molecular complexity index is 863. The number of nitrogens with one attached hydrogen (secondary N) is 1. The molecule has 0 aliphatic carbocycles. The van der Waals surface area contributed by atoms with E-state index >= 15 is 0 Å². The van der Waals surface area contributed by atoms with Gasteiger partial charge in [-0.25, -0.2) is 4.98 Å². The highest BCUT2D eigenvalue weighted by molar-refractivity contribution is 9.10. The van der Waals surface area contributed by atoms with Crippen molar-refractivity contribution in [2.75, 3.05) is 6.61 Å². The van der Waals surface area contributed by atoms with Crippen LogP contribution in [0.2, 0.25) is 0 Å². The van der Waals surface area contributed by atoms with Crippen LogP contribution in [0.15, 0.2) is 71.5 Å². The van der Waals surface area contributed by atoms with Crippen LogP contribution in [-0.4, -0.2) is 22.1 Å². The molecule has 0 fully saturated rings. The summed E-state index contributed by atoms with van der Waals surface area (Å²) in [5, 5.41) is 3.10. The lowest BCUT2D eigenvalue weighted by molar-refractivity contribution is -0.121. The van der Waals surface area contributed by atoms with Crippen LogP contribution in [0.4, 0.5) is 0 Å². The van der Waals surface area contributed by atoms with Crippen LogP contribution in [0.3, 0.4) is 0 Å². The van der Waals surface area contributed by atoms with E-state index < -0.39 is 0 Å². The lowest BCUT2D eigenvalue weighted by Gasteiger charge is -2.19. The largest absolute Gasteiger partial charge is 0.494 e. The summed E-state index contributed by atoms with van der Waals surface area (Å²) in [6, 6.07) is 17.3. The van der Waals surface area contributed by atoms with E-state index in [1.54, 1.807) is 6.20 Å². The van der Waals surface area contributed by atoms with Crippen LogP contribution >= 0.6 is 15.9 Å². The summed E-state index contributed by atoms with van der Waals surface area (Å²) in [6.07, 6.45) is 4.65. The molecule has 1 unspecified atom stereocenters. The second kappa shape index (κ2) is 9.37. The zero-order valence-corrected chi connectivity index (χ0v) is 16.7. The summed E-state index contributed by atoms with van der Waals surface area (Å²) >= 11 is 3.39. The van der Waals surface area contributed by atoms with Crippen molar-refractivity contribution in [3.63, 3.8) is 0 Å². The van der Waals surface area contributed by atoms with Crippen LogP contribution in [0.1, 0.15) is 30.3 Å². The zero-order valence-electron chi connectivity index (χ0n) is 15.1. The van der Waals surface area contributed by atoms with Gasteiger partial charge in [0.1, 0.15) is 17.6 Å². The van der Waals surface area contributed by atoms with Gasteiger partial charge in [0.15, 0.2) is 0 Å². The summed E-state index contributed by atoms with van der Waals surface area (Å²) in [4.78, 5) is 16.9. The molecule has 0 aliphatic heterocycles. The number of carbonyl (C=O) groups is 1. The first-order valence-corrected chi connectivity index (χ1v) is 9.62. The fourth-order valence-electron chi connectivity index (χ4n) is 2.78. The van der Waals surface area contributed by atoms with Gasteiger partial charge in [-0.15, -0.1) is 0 Å². The number of benzene rings is 2. The molecule has 1 aromatic heterocycles. The Balaban J connectivity index is 1.55. The van der Waals surface area contributed by atoms with E-state index in [0.29, 0.717) is 19.4 Å². The van der Waals surface area contributed by atoms with Gasteiger partial charge in [-0.05, 0) is 36.2 Å². The van der Waals surface area contributed by atoms with Crippen molar-refractivity contribution in [1.29, 1.82) is 0 Å². The summed E-state index contributed by atoms with van der Waals surface area (Å²) in [7, 11) is 1.93. The summed E-state index contributed by atoms with van der Waals surface area (Å²) < 4.78 is 8.61. The first-order chi connectivity index (χ1) is 13.1. The van der Waals surface area contributed by atoms with Gasteiger partial charge in [-0.2, -0.15) is 0 Å². The second-order valence-electron chi connectivity index (χ2n) is 6.21. The fourth-order valence-corrected chi connectivity index (χ4v) is 3.05. The molecule has 0 bridgehead atoms. The van der Waals surface area contributed by atoms with Crippen molar-refractivity contribution >= 4 is 21.8 Å². The van der Waals surface area contributed by atoms with E-state index in [9.17, 15) is 4.79 Å². The molecule has 3 aromatic rings. The number of nitrogens with zero attached hydrogens (tertiary/aromatic N) is 2. The quantitative estimate of drug-likeness (QED) is 0.546. The van der Waals surface area contributed by atoms with Crippen LogP contribution in [0.25, 0.3) is 0 Å². The lowest BCUT2D eigenvalue weighted by Crippen LogP contribution is -2.31. The van der Waals surface area contributed by atoms with Gasteiger partial charge >= 0.3 is 0 Å². The minimum absolute atomic E-state index is 0.0220. The van der Waals surface area contributed by atoms with Crippen molar-refractivity contribution in [3.8, 4) is 5.75 Å². The number of carbonyl (C=O) groups excluding carboxylic acids is 1. The Labute approximate surface area is 167 Å². The Hall–Kier alpha value is -2.60. The van der Waals surface area contributed by atoms with Gasteiger partial charge in [0.05, 0.1) is 6.61 Å². The minimum Gasteiger partial charge on any atom is -0.494 e. The molecule has 1 amide bonds. The van der Waals surface area contributed by atoms with Crippen LogP contribution in [0.5, 0.6) is 5.75 Å².